The zero-order chi connectivity index (χ0) is 22.8. The third kappa shape index (κ3) is 6.71. The van der Waals surface area contributed by atoms with Crippen LogP contribution in [-0.2, 0) is 17.8 Å². The number of nitrogens with one attached hydrogen (secondary N) is 2. The van der Waals surface area contributed by atoms with Crippen molar-refractivity contribution in [3.05, 3.63) is 53.6 Å². The second-order valence-electron chi connectivity index (χ2n) is 7.13. The van der Waals surface area contributed by atoms with Crippen molar-refractivity contribution >= 4 is 11.6 Å². The van der Waals surface area contributed by atoms with E-state index < -0.39 is 6.61 Å². The summed E-state index contributed by atoms with van der Waals surface area (Å²) in [5.41, 5.74) is 2.82. The lowest BCUT2D eigenvalue weighted by atomic mass is 10.1. The Hall–Kier alpha value is -3.07. The first kappa shape index (κ1) is 23.6. The minimum Gasteiger partial charge on any atom is -0.497 e. The third-order valence-corrected chi connectivity index (χ3v) is 5.03. The van der Waals surface area contributed by atoms with Crippen LogP contribution in [0.25, 0.3) is 0 Å². The maximum absolute atomic E-state index is 12.8. The van der Waals surface area contributed by atoms with Crippen LogP contribution in [0.5, 0.6) is 11.5 Å². The van der Waals surface area contributed by atoms with Crippen LogP contribution in [0.4, 0.5) is 14.5 Å². The Balaban J connectivity index is 1.73. The predicted molar refractivity (Wildman–Crippen MR) is 121 cm³/mol. The molecule has 2 aromatic carbocycles. The Bertz CT molecular complexity index is 889. The van der Waals surface area contributed by atoms with Gasteiger partial charge < -0.3 is 29.7 Å². The number of alkyl halides is 2. The molecule has 0 spiro atoms. The summed E-state index contributed by atoms with van der Waals surface area (Å²) >= 11 is 0. The number of hydrogen-bond donors (Lipinski definition) is 2. The summed E-state index contributed by atoms with van der Waals surface area (Å²) < 4.78 is 40.9. The first-order valence-electron chi connectivity index (χ1n) is 10.6. The number of benzene rings is 2. The molecule has 2 aromatic rings. The molecule has 7 nitrogen and oxygen atoms in total. The smallest absolute Gasteiger partial charge is 0.387 e. The number of halogens is 2. The Labute approximate surface area is 187 Å². The Kier molecular flexibility index (Phi) is 8.91. The van der Waals surface area contributed by atoms with Crippen molar-refractivity contribution in [2.75, 3.05) is 44.9 Å². The summed E-state index contributed by atoms with van der Waals surface area (Å²) in [6.45, 7) is 3.59. The molecule has 0 atom stereocenters. The van der Waals surface area contributed by atoms with E-state index in [1.165, 1.54) is 18.9 Å². The molecular formula is C23H30F2N4O3. The summed E-state index contributed by atoms with van der Waals surface area (Å²) in [6.07, 6.45) is 0. The zero-order valence-electron chi connectivity index (χ0n) is 18.4. The fourth-order valence-electron chi connectivity index (χ4n) is 3.48. The summed E-state index contributed by atoms with van der Waals surface area (Å²) in [4.78, 5) is 6.88. The van der Waals surface area contributed by atoms with Gasteiger partial charge in [-0.25, -0.2) is 4.99 Å². The summed E-state index contributed by atoms with van der Waals surface area (Å²) in [6, 6.07) is 12.9. The lowest BCUT2D eigenvalue weighted by Gasteiger charge is -2.30. The second-order valence-corrected chi connectivity index (χ2v) is 7.13. The average molecular weight is 449 g/mol. The van der Waals surface area contributed by atoms with E-state index in [0.717, 1.165) is 31.9 Å². The Morgan fingerprint density at radius 2 is 1.91 bits per heavy atom. The van der Waals surface area contributed by atoms with Crippen molar-refractivity contribution in [2.45, 2.75) is 26.6 Å². The largest absolute Gasteiger partial charge is 0.497 e. The fourth-order valence-corrected chi connectivity index (χ4v) is 3.48. The van der Waals surface area contributed by atoms with Gasteiger partial charge in [-0.2, -0.15) is 8.78 Å². The van der Waals surface area contributed by atoms with Crippen molar-refractivity contribution in [1.29, 1.82) is 0 Å². The molecule has 1 heterocycles. The van der Waals surface area contributed by atoms with Crippen LogP contribution in [0.2, 0.25) is 0 Å². The fraction of sp³-hybridized carbons (Fsp3) is 0.435. The Morgan fingerprint density at radius 3 is 2.62 bits per heavy atom. The van der Waals surface area contributed by atoms with Gasteiger partial charge >= 0.3 is 6.61 Å². The second kappa shape index (κ2) is 12.1. The molecule has 1 saturated heterocycles. The normalized spacial score (nSPS) is 14.4. The monoisotopic (exact) mass is 448 g/mol. The van der Waals surface area contributed by atoms with Crippen molar-refractivity contribution in [2.24, 2.45) is 4.99 Å². The van der Waals surface area contributed by atoms with Gasteiger partial charge in [-0.3, -0.25) is 0 Å². The molecule has 0 radical (unpaired) electrons. The molecule has 32 heavy (non-hydrogen) atoms. The number of aliphatic imine (C=N–C) groups is 1. The van der Waals surface area contributed by atoms with Crippen molar-refractivity contribution < 1.29 is 23.0 Å². The Morgan fingerprint density at radius 1 is 1.12 bits per heavy atom. The molecule has 0 bridgehead atoms. The molecule has 0 unspecified atom stereocenters. The zero-order valence-corrected chi connectivity index (χ0v) is 18.4. The molecule has 174 valence electrons. The number of morpholine rings is 1. The van der Waals surface area contributed by atoms with Gasteiger partial charge in [0, 0.05) is 37.4 Å². The van der Waals surface area contributed by atoms with Gasteiger partial charge in [0.15, 0.2) is 5.96 Å². The van der Waals surface area contributed by atoms with E-state index in [0.29, 0.717) is 30.4 Å². The van der Waals surface area contributed by atoms with Crippen LogP contribution < -0.4 is 25.0 Å². The molecule has 1 fully saturated rings. The van der Waals surface area contributed by atoms with Crippen LogP contribution in [0, 0.1) is 0 Å². The standard InChI is InChI=1S/C23H30F2N4O3/c1-3-26-23(28-16-18-14-19(30-2)8-9-21(18)32-22(24)25)27-15-17-6-4-5-7-20(17)29-10-12-31-13-11-29/h4-9,14,22H,3,10-13,15-16H2,1-2H3,(H2,26,27,28). The van der Waals surface area contributed by atoms with Gasteiger partial charge in [-0.1, -0.05) is 18.2 Å². The van der Waals surface area contributed by atoms with Crippen LogP contribution in [0.15, 0.2) is 47.5 Å². The summed E-state index contributed by atoms with van der Waals surface area (Å²) in [5, 5.41) is 6.53. The molecule has 0 aliphatic carbocycles. The molecule has 1 aliphatic heterocycles. The molecule has 9 heteroatoms. The summed E-state index contributed by atoms with van der Waals surface area (Å²) in [7, 11) is 1.52. The van der Waals surface area contributed by atoms with E-state index in [-0.39, 0.29) is 12.3 Å². The van der Waals surface area contributed by atoms with Gasteiger partial charge in [-0.15, -0.1) is 0 Å². The number of para-hydroxylation sites is 1. The molecule has 3 rings (SSSR count). The van der Waals surface area contributed by atoms with Gasteiger partial charge in [0.2, 0.25) is 0 Å². The SMILES string of the molecule is CCNC(=NCc1cc(OC)ccc1OC(F)F)NCc1ccccc1N1CCOCC1. The number of rotatable bonds is 9. The molecule has 0 saturated carbocycles. The third-order valence-electron chi connectivity index (χ3n) is 5.03. The molecular weight excluding hydrogens is 418 g/mol. The molecule has 0 amide bonds. The van der Waals surface area contributed by atoms with Crippen molar-refractivity contribution in [3.8, 4) is 11.5 Å². The lowest BCUT2D eigenvalue weighted by molar-refractivity contribution is -0.0504. The quantitative estimate of drug-likeness (QED) is 0.453. The number of hydrogen-bond acceptors (Lipinski definition) is 5. The number of methoxy groups -OCH3 is 1. The van der Waals surface area contributed by atoms with Crippen molar-refractivity contribution in [1.82, 2.24) is 10.6 Å². The van der Waals surface area contributed by atoms with E-state index in [1.807, 2.05) is 19.1 Å². The molecule has 2 N–H and O–H groups in total. The van der Waals surface area contributed by atoms with E-state index in [2.05, 4.69) is 37.4 Å². The van der Waals surface area contributed by atoms with Gasteiger partial charge in [0.1, 0.15) is 11.5 Å². The van der Waals surface area contributed by atoms with E-state index in [4.69, 9.17) is 9.47 Å². The van der Waals surface area contributed by atoms with E-state index >= 15 is 0 Å². The van der Waals surface area contributed by atoms with E-state index in [9.17, 15) is 8.78 Å². The molecule has 0 aromatic heterocycles. The van der Waals surface area contributed by atoms with Gasteiger partial charge in [0.05, 0.1) is 26.9 Å². The maximum atomic E-state index is 12.8. The van der Waals surface area contributed by atoms with Crippen LogP contribution in [0.1, 0.15) is 18.1 Å². The lowest BCUT2D eigenvalue weighted by Crippen LogP contribution is -2.39. The minimum absolute atomic E-state index is 0.0815. The number of nitrogens with zero attached hydrogens (tertiary/aromatic N) is 2. The highest BCUT2D eigenvalue weighted by molar-refractivity contribution is 5.80. The van der Waals surface area contributed by atoms with Crippen LogP contribution in [-0.4, -0.2) is 52.5 Å². The van der Waals surface area contributed by atoms with Crippen molar-refractivity contribution in [3.63, 3.8) is 0 Å². The van der Waals surface area contributed by atoms with Crippen LogP contribution >= 0.6 is 0 Å². The van der Waals surface area contributed by atoms with Gasteiger partial charge in [0.25, 0.3) is 0 Å². The van der Waals surface area contributed by atoms with Gasteiger partial charge in [-0.05, 0) is 36.8 Å². The maximum Gasteiger partial charge on any atom is 0.387 e. The topological polar surface area (TPSA) is 67.4 Å². The molecule has 1 aliphatic rings. The van der Waals surface area contributed by atoms with Crippen LogP contribution in [0.3, 0.4) is 0 Å². The minimum atomic E-state index is -2.91. The average Bonchev–Trinajstić information content (AvgIpc) is 2.82. The first-order valence-corrected chi connectivity index (χ1v) is 10.6. The highest BCUT2D eigenvalue weighted by Gasteiger charge is 2.15. The number of guanidine groups is 1. The predicted octanol–water partition coefficient (Wildman–Crippen LogP) is 3.39. The number of ether oxygens (including phenoxy) is 3. The highest BCUT2D eigenvalue weighted by Crippen LogP contribution is 2.26. The number of anilines is 1. The highest BCUT2D eigenvalue weighted by atomic mass is 19.3. The summed E-state index contributed by atoms with van der Waals surface area (Å²) in [5.74, 6) is 1.21. The van der Waals surface area contributed by atoms with E-state index in [1.54, 1.807) is 12.1 Å². The first-order chi connectivity index (χ1) is 15.6.